The third-order valence-electron chi connectivity index (χ3n) is 4.18. The molecule has 0 aromatic heterocycles. The number of anilines is 1. The monoisotopic (exact) mass is 398 g/mol. The van der Waals surface area contributed by atoms with Gasteiger partial charge < -0.3 is 14.8 Å². The number of para-hydroxylation sites is 2. The molecule has 0 spiro atoms. The molecule has 0 radical (unpaired) electrons. The second kappa shape index (κ2) is 12.0. The van der Waals surface area contributed by atoms with Gasteiger partial charge in [0.05, 0.1) is 25.0 Å². The Morgan fingerprint density at radius 2 is 1.81 bits per heavy atom. The Morgan fingerprint density at radius 1 is 1.08 bits per heavy atom. The highest BCUT2D eigenvalue weighted by molar-refractivity contribution is 5.85. The molecular weight excluding hydrogens is 371 g/mol. The van der Waals surface area contributed by atoms with E-state index in [9.17, 15) is 0 Å². The topological polar surface area (TPSA) is 33.7 Å². The Labute approximate surface area is 168 Å². The zero-order valence-corrected chi connectivity index (χ0v) is 16.7. The van der Waals surface area contributed by atoms with E-state index in [1.54, 1.807) is 0 Å². The zero-order valence-electron chi connectivity index (χ0n) is 15.1. The van der Waals surface area contributed by atoms with Gasteiger partial charge in [0.25, 0.3) is 0 Å². The maximum absolute atomic E-state index is 5.92. The molecule has 3 rings (SSSR count). The van der Waals surface area contributed by atoms with Crippen LogP contribution in [0.2, 0.25) is 0 Å². The first-order chi connectivity index (χ1) is 11.8. The van der Waals surface area contributed by atoms with Gasteiger partial charge in [0.2, 0.25) is 0 Å². The van der Waals surface area contributed by atoms with Gasteiger partial charge in [-0.25, -0.2) is 0 Å². The highest BCUT2D eigenvalue weighted by Crippen LogP contribution is 2.24. The van der Waals surface area contributed by atoms with Gasteiger partial charge in [-0.05, 0) is 24.6 Å². The average molecular weight is 399 g/mol. The Kier molecular flexibility index (Phi) is 10.4. The summed E-state index contributed by atoms with van der Waals surface area (Å²) in [5, 5.41) is 3.48. The molecule has 1 saturated heterocycles. The van der Waals surface area contributed by atoms with Crippen LogP contribution in [0.25, 0.3) is 0 Å². The van der Waals surface area contributed by atoms with Crippen molar-refractivity contribution < 1.29 is 9.47 Å². The van der Waals surface area contributed by atoms with Crippen LogP contribution in [0.4, 0.5) is 5.69 Å². The van der Waals surface area contributed by atoms with Crippen LogP contribution in [0.3, 0.4) is 0 Å². The maximum atomic E-state index is 5.92. The van der Waals surface area contributed by atoms with Crippen LogP contribution in [0.5, 0.6) is 5.75 Å². The molecule has 0 aliphatic carbocycles. The molecule has 0 unspecified atom stereocenters. The van der Waals surface area contributed by atoms with Crippen molar-refractivity contribution in [1.82, 2.24) is 4.90 Å². The van der Waals surface area contributed by atoms with E-state index >= 15 is 0 Å². The van der Waals surface area contributed by atoms with E-state index in [0.29, 0.717) is 6.61 Å². The minimum Gasteiger partial charge on any atom is -0.492 e. The molecule has 2 aromatic carbocycles. The molecule has 0 saturated carbocycles. The van der Waals surface area contributed by atoms with Crippen molar-refractivity contribution in [2.24, 2.45) is 0 Å². The normalized spacial score (nSPS) is 16.9. The Hall–Kier alpha value is -1.46. The van der Waals surface area contributed by atoms with Gasteiger partial charge in [0, 0.05) is 26.2 Å². The number of nitrogens with one attached hydrogen (secondary N) is 1. The fourth-order valence-electron chi connectivity index (χ4n) is 3.01. The molecule has 1 atom stereocenters. The summed E-state index contributed by atoms with van der Waals surface area (Å²) in [4.78, 5) is 2.46. The molecule has 2 aromatic rings. The fraction of sp³-hybridized carbons (Fsp3) is 0.400. The van der Waals surface area contributed by atoms with Gasteiger partial charge in [0.15, 0.2) is 0 Å². The van der Waals surface area contributed by atoms with Crippen molar-refractivity contribution in [3.8, 4) is 5.75 Å². The lowest BCUT2D eigenvalue weighted by Crippen LogP contribution is -2.44. The molecule has 144 valence electrons. The average Bonchev–Trinajstić information content (AvgIpc) is 2.62. The number of nitrogens with zero attached hydrogens (tertiary/aromatic N) is 1. The Bertz CT molecular complexity index is 628. The number of benzene rings is 2. The largest absolute Gasteiger partial charge is 0.492 e. The molecule has 0 bridgehead atoms. The summed E-state index contributed by atoms with van der Waals surface area (Å²) in [7, 11) is 0. The van der Waals surface area contributed by atoms with Crippen LogP contribution in [0, 0.1) is 0 Å². The molecule has 6 heteroatoms. The summed E-state index contributed by atoms with van der Waals surface area (Å²) in [5.74, 6) is 0.900. The van der Waals surface area contributed by atoms with Gasteiger partial charge in [-0.15, -0.1) is 24.8 Å². The van der Waals surface area contributed by atoms with E-state index in [-0.39, 0.29) is 30.9 Å². The van der Waals surface area contributed by atoms with Crippen LogP contribution in [-0.4, -0.2) is 43.9 Å². The number of morpholine rings is 1. The molecule has 1 fully saturated rings. The van der Waals surface area contributed by atoms with Crippen molar-refractivity contribution in [3.63, 3.8) is 0 Å². The van der Waals surface area contributed by atoms with E-state index in [1.807, 2.05) is 25.1 Å². The maximum Gasteiger partial charge on any atom is 0.142 e. The quantitative estimate of drug-likeness (QED) is 0.755. The summed E-state index contributed by atoms with van der Waals surface area (Å²) in [6.45, 7) is 7.16. The predicted molar refractivity (Wildman–Crippen MR) is 112 cm³/mol. The van der Waals surface area contributed by atoms with Gasteiger partial charge in [0.1, 0.15) is 5.75 Å². The number of ether oxygens (including phenoxy) is 2. The van der Waals surface area contributed by atoms with Crippen LogP contribution < -0.4 is 10.1 Å². The zero-order chi connectivity index (χ0) is 16.6. The first-order valence-electron chi connectivity index (χ1n) is 8.68. The molecule has 0 amide bonds. The van der Waals surface area contributed by atoms with Crippen molar-refractivity contribution in [2.45, 2.75) is 19.6 Å². The molecule has 1 N–H and O–H groups in total. The predicted octanol–water partition coefficient (Wildman–Crippen LogP) is 4.24. The number of rotatable bonds is 7. The summed E-state index contributed by atoms with van der Waals surface area (Å²) in [5.41, 5.74) is 2.39. The van der Waals surface area contributed by atoms with Gasteiger partial charge >= 0.3 is 0 Å². The first-order valence-corrected chi connectivity index (χ1v) is 8.68. The highest BCUT2D eigenvalue weighted by atomic mass is 35.5. The molecule has 1 aliphatic rings. The molecule has 1 heterocycles. The van der Waals surface area contributed by atoms with Crippen molar-refractivity contribution >= 4 is 30.5 Å². The Balaban J connectivity index is 0.00000169. The molecule has 4 nitrogen and oxygen atoms in total. The first kappa shape index (κ1) is 22.6. The molecular formula is C20H28Cl2N2O2. The van der Waals surface area contributed by atoms with Crippen molar-refractivity contribution in [2.75, 3.05) is 38.2 Å². The summed E-state index contributed by atoms with van der Waals surface area (Å²) < 4.78 is 11.6. The lowest BCUT2D eigenvalue weighted by molar-refractivity contribution is -0.0240. The van der Waals surface area contributed by atoms with E-state index in [0.717, 1.165) is 44.2 Å². The van der Waals surface area contributed by atoms with Crippen LogP contribution in [-0.2, 0) is 11.3 Å². The van der Waals surface area contributed by atoms with Crippen LogP contribution in [0.1, 0.15) is 12.5 Å². The van der Waals surface area contributed by atoms with Crippen LogP contribution in [0.15, 0.2) is 54.6 Å². The number of hydrogen-bond donors (Lipinski definition) is 1. The third-order valence-corrected chi connectivity index (χ3v) is 4.18. The summed E-state index contributed by atoms with van der Waals surface area (Å²) in [6.07, 6.45) is 0.192. The summed E-state index contributed by atoms with van der Waals surface area (Å²) >= 11 is 0. The minimum atomic E-state index is 0. The number of hydrogen-bond acceptors (Lipinski definition) is 4. The lowest BCUT2D eigenvalue weighted by Gasteiger charge is -2.33. The Morgan fingerprint density at radius 3 is 2.58 bits per heavy atom. The minimum absolute atomic E-state index is 0. The smallest absolute Gasteiger partial charge is 0.142 e. The standard InChI is InChI=1S/C20H26N2O2.2ClH/c1-2-23-20-11-7-6-10-19(20)21-14-18-16-22(12-13-24-18)15-17-8-4-3-5-9-17;;/h3-11,18,21H,2,12-16H2,1H3;2*1H/t18-;;/m1../s1. The second-order valence-electron chi connectivity index (χ2n) is 6.02. The van der Waals surface area contributed by atoms with Gasteiger partial charge in [-0.3, -0.25) is 4.90 Å². The van der Waals surface area contributed by atoms with E-state index in [1.165, 1.54) is 5.56 Å². The van der Waals surface area contributed by atoms with Gasteiger partial charge in [-0.2, -0.15) is 0 Å². The molecule has 26 heavy (non-hydrogen) atoms. The second-order valence-corrected chi connectivity index (χ2v) is 6.02. The third kappa shape index (κ3) is 6.69. The van der Waals surface area contributed by atoms with Crippen molar-refractivity contribution in [3.05, 3.63) is 60.2 Å². The SMILES string of the molecule is CCOc1ccccc1NC[C@@H]1CN(Cc2ccccc2)CCO1.Cl.Cl. The van der Waals surface area contributed by atoms with Crippen LogP contribution >= 0.6 is 24.8 Å². The van der Waals surface area contributed by atoms with Crippen molar-refractivity contribution in [1.29, 1.82) is 0 Å². The lowest BCUT2D eigenvalue weighted by atomic mass is 10.2. The van der Waals surface area contributed by atoms with Gasteiger partial charge in [-0.1, -0.05) is 42.5 Å². The highest BCUT2D eigenvalue weighted by Gasteiger charge is 2.20. The van der Waals surface area contributed by atoms with E-state index < -0.39 is 0 Å². The fourth-order valence-corrected chi connectivity index (χ4v) is 3.01. The van der Waals surface area contributed by atoms with E-state index in [4.69, 9.17) is 9.47 Å². The van der Waals surface area contributed by atoms with E-state index in [2.05, 4.69) is 46.6 Å². The molecule has 1 aliphatic heterocycles. The summed E-state index contributed by atoms with van der Waals surface area (Å²) in [6, 6.07) is 18.7. The number of halogens is 2.